The van der Waals surface area contributed by atoms with Crippen molar-refractivity contribution in [2.24, 2.45) is 23.2 Å². The van der Waals surface area contributed by atoms with Crippen molar-refractivity contribution in [2.45, 2.75) is 98.5 Å². The average molecular weight is 904 g/mol. The van der Waals surface area contributed by atoms with Gasteiger partial charge in [-0.1, -0.05) is 53.3 Å². The van der Waals surface area contributed by atoms with Crippen LogP contribution in [0.25, 0.3) is 33.3 Å². The lowest BCUT2D eigenvalue weighted by Gasteiger charge is -2.37. The quantitative estimate of drug-likeness (QED) is 0.133. The van der Waals surface area contributed by atoms with Gasteiger partial charge in [-0.3, -0.25) is 34.0 Å². The molecule has 2 aromatic heterocycles. The van der Waals surface area contributed by atoms with Crippen LogP contribution < -0.4 is 10.7 Å². The second-order valence-corrected chi connectivity index (χ2v) is 19.3. The smallest absolute Gasteiger partial charge is 0.324 e. The number of carbonyl (C=O) groups excluding carboxylic acids is 5. The molecule has 0 spiro atoms. The van der Waals surface area contributed by atoms with Crippen molar-refractivity contribution < 1.29 is 38.6 Å². The molecule has 6 bridgehead atoms. The van der Waals surface area contributed by atoms with E-state index < -0.39 is 47.2 Å². The van der Waals surface area contributed by atoms with Crippen molar-refractivity contribution in [3.8, 4) is 28.1 Å². The number of aryl methyl sites for hydroxylation is 1. The first-order chi connectivity index (χ1) is 31.4. The second kappa shape index (κ2) is 19.8. The van der Waals surface area contributed by atoms with Gasteiger partial charge in [0.15, 0.2) is 0 Å². The van der Waals surface area contributed by atoms with Crippen molar-refractivity contribution in [1.82, 2.24) is 35.1 Å². The number of fused-ring (bicyclic) bond motifs is 6. The predicted octanol–water partition coefficient (Wildman–Crippen LogP) is 5.65. The molecule has 3 aliphatic rings. The highest BCUT2D eigenvalue weighted by Crippen LogP contribution is 2.41. The van der Waals surface area contributed by atoms with E-state index in [9.17, 15) is 29.1 Å². The number of ether oxygens (including phenoxy) is 2. The summed E-state index contributed by atoms with van der Waals surface area (Å²) in [4.78, 5) is 77.5. The molecule has 0 radical (unpaired) electrons. The van der Waals surface area contributed by atoms with Crippen LogP contribution in [0.3, 0.4) is 0 Å². The lowest BCUT2D eigenvalue weighted by atomic mass is 9.84. The topological polar surface area (TPSA) is 176 Å². The Hall–Kier alpha value is -6.06. The number of hydrogen-bond acceptors (Lipinski definition) is 10. The minimum absolute atomic E-state index is 0.0125. The van der Waals surface area contributed by atoms with Gasteiger partial charge in [0.1, 0.15) is 23.9 Å². The number of carbonyl (C=O) groups is 5. The first-order valence-electron chi connectivity index (χ1n) is 23.1. The Morgan fingerprint density at radius 2 is 1.89 bits per heavy atom. The number of phenolic OH excluding ortho intramolecular Hbond substituents is 1. The van der Waals surface area contributed by atoms with Gasteiger partial charge in [-0.2, -0.15) is 0 Å². The molecule has 4 aromatic rings. The third-order valence-electron chi connectivity index (χ3n) is 13.4. The first kappa shape index (κ1) is 47.9. The molecular weight excluding hydrogens is 839 g/mol. The molecule has 4 amide bonds. The summed E-state index contributed by atoms with van der Waals surface area (Å²) >= 11 is 0. The zero-order valence-corrected chi connectivity index (χ0v) is 39.6. The Bertz CT molecular complexity index is 2510. The molecule has 3 aliphatic heterocycles. The lowest BCUT2D eigenvalue weighted by Crippen LogP contribution is -2.62. The Labute approximate surface area is 387 Å². The minimum Gasteiger partial charge on any atom is -0.508 e. The summed E-state index contributed by atoms with van der Waals surface area (Å²) < 4.78 is 14.0. The van der Waals surface area contributed by atoms with Gasteiger partial charge >= 0.3 is 5.97 Å². The summed E-state index contributed by atoms with van der Waals surface area (Å²) in [5.41, 5.74) is 9.53. The van der Waals surface area contributed by atoms with E-state index in [4.69, 9.17) is 14.5 Å². The number of phenols is 1. The maximum atomic E-state index is 14.7. The van der Waals surface area contributed by atoms with Gasteiger partial charge < -0.3 is 34.3 Å². The van der Waals surface area contributed by atoms with Crippen LogP contribution in [0.2, 0.25) is 0 Å². The molecule has 15 nitrogen and oxygen atoms in total. The molecule has 2 fully saturated rings. The fraction of sp³-hybridized carbons (Fsp3) is 0.490. The zero-order valence-electron chi connectivity index (χ0n) is 39.6. The van der Waals surface area contributed by atoms with Crippen LogP contribution in [0.15, 0.2) is 67.4 Å². The van der Waals surface area contributed by atoms with E-state index in [0.29, 0.717) is 50.1 Å². The molecule has 3 N–H and O–H groups in total. The summed E-state index contributed by atoms with van der Waals surface area (Å²) in [6, 6.07) is 12.5. The number of amides is 4. The van der Waals surface area contributed by atoms with Gasteiger partial charge in [0.05, 0.1) is 30.5 Å². The minimum atomic E-state index is -1.17. The number of nitrogens with one attached hydrogen (secondary N) is 2. The normalized spacial score (nSPS) is 21.6. The number of esters is 1. The SMILES string of the molecule is C=CC(=O)N1C[C@H](C)[C@H](C(=O)N(C)[C@H](C(=O)N[C@H]2Cc3cc(O)cc(c3)-c3ccc4c(c3)c(c(-c3cccnc3COC)n4CC)CC(C)(C)COC(=O)[C@@H]3CCCN(N3)C2=O)C(C)C)C1. The zero-order chi connectivity index (χ0) is 47.6. The van der Waals surface area contributed by atoms with E-state index in [-0.39, 0.29) is 55.5 Å². The molecule has 66 heavy (non-hydrogen) atoms. The molecule has 7 rings (SSSR count). The van der Waals surface area contributed by atoms with E-state index >= 15 is 0 Å². The van der Waals surface area contributed by atoms with Crippen molar-refractivity contribution in [1.29, 1.82) is 0 Å². The molecule has 2 aromatic carbocycles. The number of hydrazine groups is 1. The second-order valence-electron chi connectivity index (χ2n) is 19.3. The van der Waals surface area contributed by atoms with E-state index in [1.165, 1.54) is 16.0 Å². The molecule has 2 saturated heterocycles. The third kappa shape index (κ3) is 9.87. The Morgan fingerprint density at radius 1 is 1.12 bits per heavy atom. The number of likely N-dealkylation sites (N-methyl/N-ethyl adjacent to an activating group) is 1. The fourth-order valence-corrected chi connectivity index (χ4v) is 10.1. The van der Waals surface area contributed by atoms with Gasteiger partial charge in [0, 0.05) is 74.8 Å². The fourth-order valence-electron chi connectivity index (χ4n) is 10.1. The number of hydrogen-bond donors (Lipinski definition) is 3. The number of benzene rings is 2. The van der Waals surface area contributed by atoms with E-state index in [1.54, 1.807) is 37.4 Å². The van der Waals surface area contributed by atoms with Gasteiger partial charge in [-0.05, 0) is 103 Å². The number of aromatic hydroxyl groups is 1. The van der Waals surface area contributed by atoms with Crippen molar-refractivity contribution in [3.05, 3.63) is 84.2 Å². The van der Waals surface area contributed by atoms with Crippen LogP contribution in [0, 0.1) is 23.2 Å². The molecule has 0 aliphatic carbocycles. The van der Waals surface area contributed by atoms with E-state index in [1.807, 2.05) is 39.0 Å². The highest BCUT2D eigenvalue weighted by atomic mass is 16.5. The molecule has 5 heterocycles. The molecule has 15 heteroatoms. The summed E-state index contributed by atoms with van der Waals surface area (Å²) in [6.07, 6.45) is 4.47. The predicted molar refractivity (Wildman–Crippen MR) is 251 cm³/mol. The highest BCUT2D eigenvalue weighted by Gasteiger charge is 2.42. The number of aromatic nitrogens is 2. The van der Waals surface area contributed by atoms with Crippen molar-refractivity contribution in [3.63, 3.8) is 0 Å². The molecular formula is C51H65N7O8. The Morgan fingerprint density at radius 3 is 2.61 bits per heavy atom. The lowest BCUT2D eigenvalue weighted by molar-refractivity contribution is -0.155. The van der Waals surface area contributed by atoms with Gasteiger partial charge in [-0.15, -0.1) is 0 Å². The average Bonchev–Trinajstić information content (AvgIpc) is 3.83. The summed E-state index contributed by atoms with van der Waals surface area (Å²) in [5.74, 6) is -3.06. The van der Waals surface area contributed by atoms with Crippen LogP contribution in [0.1, 0.15) is 71.2 Å². The number of rotatable bonds is 10. The van der Waals surface area contributed by atoms with Crippen LogP contribution in [0.4, 0.5) is 0 Å². The number of pyridine rings is 1. The highest BCUT2D eigenvalue weighted by molar-refractivity contribution is 5.96. The Balaban J connectivity index is 1.30. The largest absolute Gasteiger partial charge is 0.508 e. The van der Waals surface area contributed by atoms with Gasteiger partial charge in [0.2, 0.25) is 17.7 Å². The summed E-state index contributed by atoms with van der Waals surface area (Å²) in [5, 5.41) is 16.7. The van der Waals surface area contributed by atoms with Crippen LogP contribution in [-0.2, 0) is 59.4 Å². The number of cyclic esters (lactones) is 1. The molecule has 0 saturated carbocycles. The standard InChI is InChI=1S/C51H65N7O8/c1-10-44(60)56-26-31(5)39(27-56)48(62)55(8)45(30(3)4)47(61)53-41-22-32-20-34(23-35(59)21-32)33-16-17-43-37(24-33)38(46(57(43)11-2)36-14-12-18-52-42(36)28-65-9)25-51(6,7)29-66-50(64)40-15-13-19-58(54-40)49(41)63/h10,12,14,16-18,20-21,23-24,30-31,39-41,45,54,59H,1,11,13,15,19,22,25-29H2,2-9H3,(H,53,61)/t31-,39+,40-,41-,45-/m0/s1. The maximum Gasteiger partial charge on any atom is 0.324 e. The van der Waals surface area contributed by atoms with E-state index in [2.05, 4.69) is 60.9 Å². The third-order valence-corrected chi connectivity index (χ3v) is 13.4. The maximum absolute atomic E-state index is 14.7. The van der Waals surface area contributed by atoms with E-state index in [0.717, 1.165) is 39.0 Å². The number of nitrogens with zero attached hydrogens (tertiary/aromatic N) is 5. The first-order valence-corrected chi connectivity index (χ1v) is 23.1. The summed E-state index contributed by atoms with van der Waals surface area (Å²) in [6.45, 7) is 17.4. The number of likely N-dealkylation sites (tertiary alicyclic amines) is 1. The van der Waals surface area contributed by atoms with Crippen LogP contribution >= 0.6 is 0 Å². The monoisotopic (exact) mass is 903 g/mol. The van der Waals surface area contributed by atoms with Crippen molar-refractivity contribution >= 4 is 40.5 Å². The van der Waals surface area contributed by atoms with Gasteiger partial charge in [0.25, 0.3) is 5.91 Å². The Kier molecular flexibility index (Phi) is 14.4. The van der Waals surface area contributed by atoms with Gasteiger partial charge in [-0.25, -0.2) is 5.43 Å². The van der Waals surface area contributed by atoms with Crippen molar-refractivity contribution in [2.75, 3.05) is 40.4 Å². The summed E-state index contributed by atoms with van der Waals surface area (Å²) in [7, 11) is 3.24. The molecule has 5 atom stereocenters. The van der Waals surface area contributed by atoms with Crippen LogP contribution in [-0.4, -0.2) is 118 Å². The molecule has 0 unspecified atom stereocenters. The van der Waals surface area contributed by atoms with Crippen LogP contribution in [0.5, 0.6) is 5.75 Å². The number of methoxy groups -OCH3 is 1. The molecule has 352 valence electrons.